The minimum absolute atomic E-state index is 0.0108. The Bertz CT molecular complexity index is 1090. The zero-order valence-electron chi connectivity index (χ0n) is 14.1. The van der Waals surface area contributed by atoms with Gasteiger partial charge in [-0.1, -0.05) is 12.1 Å². The van der Waals surface area contributed by atoms with Crippen LogP contribution in [0.1, 0.15) is 27.0 Å². The van der Waals surface area contributed by atoms with Gasteiger partial charge in [-0.05, 0) is 42.8 Å². The van der Waals surface area contributed by atoms with Crippen molar-refractivity contribution in [1.29, 1.82) is 0 Å². The van der Waals surface area contributed by atoms with Crippen molar-refractivity contribution in [2.24, 2.45) is 0 Å². The minimum Gasteiger partial charge on any atom is -0.478 e. The third-order valence-corrected chi connectivity index (χ3v) is 4.23. The Kier molecular flexibility index (Phi) is 4.57. The monoisotopic (exact) mass is 399 g/mol. The summed E-state index contributed by atoms with van der Waals surface area (Å²) >= 11 is 0. The molecular formula is C19H11F6NO2. The number of aromatic nitrogens is 1. The van der Waals surface area contributed by atoms with Crippen molar-refractivity contribution in [3.05, 3.63) is 64.7 Å². The van der Waals surface area contributed by atoms with E-state index in [1.165, 1.54) is 13.0 Å². The number of carboxylic acids is 1. The molecule has 0 unspecified atom stereocenters. The maximum atomic E-state index is 13.0. The van der Waals surface area contributed by atoms with Crippen molar-refractivity contribution in [3.63, 3.8) is 0 Å². The fraction of sp³-hybridized carbons (Fsp3) is 0.158. The lowest BCUT2D eigenvalue weighted by molar-refractivity contribution is -0.138. The van der Waals surface area contributed by atoms with Gasteiger partial charge in [-0.15, -0.1) is 0 Å². The van der Waals surface area contributed by atoms with Crippen LogP contribution >= 0.6 is 0 Å². The maximum Gasteiger partial charge on any atom is 0.416 e. The number of aromatic carboxylic acids is 1. The number of carbonyl (C=O) groups is 1. The van der Waals surface area contributed by atoms with Crippen molar-refractivity contribution < 1.29 is 36.2 Å². The SMILES string of the molecule is Cc1c(-c2cccc(C(F)(F)F)c2)nc2ccc(C(F)(F)F)cc2c1C(=O)O. The quantitative estimate of drug-likeness (QED) is 0.542. The molecule has 0 aliphatic carbocycles. The highest BCUT2D eigenvalue weighted by atomic mass is 19.4. The zero-order chi connectivity index (χ0) is 20.9. The summed E-state index contributed by atoms with van der Waals surface area (Å²) in [6, 6.07) is 6.56. The molecule has 0 radical (unpaired) electrons. The highest BCUT2D eigenvalue weighted by molar-refractivity contribution is 6.05. The molecule has 0 fully saturated rings. The number of hydrogen-bond acceptors (Lipinski definition) is 2. The van der Waals surface area contributed by atoms with Gasteiger partial charge >= 0.3 is 18.3 Å². The summed E-state index contributed by atoms with van der Waals surface area (Å²) in [4.78, 5) is 15.9. The Morgan fingerprint density at radius 2 is 1.54 bits per heavy atom. The highest BCUT2D eigenvalue weighted by Crippen LogP contribution is 2.37. The largest absolute Gasteiger partial charge is 0.478 e. The highest BCUT2D eigenvalue weighted by Gasteiger charge is 2.32. The van der Waals surface area contributed by atoms with Gasteiger partial charge < -0.3 is 5.11 Å². The van der Waals surface area contributed by atoms with Gasteiger partial charge in [0.25, 0.3) is 0 Å². The second-order valence-electron chi connectivity index (χ2n) is 6.07. The lowest BCUT2D eigenvalue weighted by atomic mass is 9.96. The van der Waals surface area contributed by atoms with E-state index in [1.54, 1.807) is 0 Å². The lowest BCUT2D eigenvalue weighted by Crippen LogP contribution is -2.09. The number of fused-ring (bicyclic) bond motifs is 1. The minimum atomic E-state index is -4.68. The number of halogens is 6. The summed E-state index contributed by atoms with van der Waals surface area (Å²) in [5, 5.41) is 9.28. The van der Waals surface area contributed by atoms with Crippen LogP contribution in [0.15, 0.2) is 42.5 Å². The summed E-state index contributed by atoms with van der Waals surface area (Å²) in [6.07, 6.45) is -9.30. The van der Waals surface area contributed by atoms with E-state index >= 15 is 0 Å². The lowest BCUT2D eigenvalue weighted by Gasteiger charge is -2.15. The number of benzene rings is 2. The topological polar surface area (TPSA) is 50.2 Å². The van der Waals surface area contributed by atoms with E-state index in [2.05, 4.69) is 4.98 Å². The van der Waals surface area contributed by atoms with Gasteiger partial charge in [0.1, 0.15) is 0 Å². The van der Waals surface area contributed by atoms with E-state index in [0.717, 1.165) is 30.3 Å². The van der Waals surface area contributed by atoms with Crippen LogP contribution in [-0.4, -0.2) is 16.1 Å². The Labute approximate surface area is 154 Å². The standard InChI is InChI=1S/C19H11F6NO2/c1-9-15(17(27)28)13-8-12(19(23,24)25)5-6-14(13)26-16(9)10-3-2-4-11(7-10)18(20,21)22/h2-8H,1H3,(H,27,28). The Balaban J connectivity index is 2.32. The third-order valence-electron chi connectivity index (χ3n) is 4.23. The fourth-order valence-corrected chi connectivity index (χ4v) is 2.93. The van der Waals surface area contributed by atoms with Gasteiger partial charge in [-0.3, -0.25) is 0 Å². The number of hydrogen-bond donors (Lipinski definition) is 1. The molecule has 3 nitrogen and oxygen atoms in total. The van der Waals surface area contributed by atoms with E-state index in [9.17, 15) is 36.2 Å². The molecule has 2 aromatic carbocycles. The average molecular weight is 399 g/mol. The molecule has 0 bridgehead atoms. The first-order valence-electron chi connectivity index (χ1n) is 7.82. The Morgan fingerprint density at radius 1 is 0.929 bits per heavy atom. The van der Waals surface area contributed by atoms with Gasteiger partial charge in [0.15, 0.2) is 0 Å². The molecule has 0 aliphatic heterocycles. The number of pyridine rings is 1. The Morgan fingerprint density at radius 3 is 2.11 bits per heavy atom. The van der Waals surface area contributed by atoms with Crippen LogP contribution < -0.4 is 0 Å². The third kappa shape index (κ3) is 3.51. The first-order valence-corrected chi connectivity index (χ1v) is 7.82. The molecule has 0 aliphatic rings. The maximum absolute atomic E-state index is 13.0. The average Bonchev–Trinajstić information content (AvgIpc) is 2.59. The van der Waals surface area contributed by atoms with E-state index in [1.807, 2.05) is 0 Å². The molecule has 1 aromatic heterocycles. The Hall–Kier alpha value is -3.10. The molecule has 0 saturated carbocycles. The first kappa shape index (κ1) is 19.7. The van der Waals surface area contributed by atoms with E-state index in [-0.39, 0.29) is 27.7 Å². The molecular weight excluding hydrogens is 388 g/mol. The fourth-order valence-electron chi connectivity index (χ4n) is 2.93. The van der Waals surface area contributed by atoms with Gasteiger partial charge in [0.2, 0.25) is 0 Å². The van der Waals surface area contributed by atoms with E-state index < -0.39 is 35.0 Å². The van der Waals surface area contributed by atoms with Gasteiger partial charge in [-0.25, -0.2) is 9.78 Å². The summed E-state index contributed by atoms with van der Waals surface area (Å²) < 4.78 is 77.9. The van der Waals surface area contributed by atoms with Gasteiger partial charge in [0.05, 0.1) is 27.9 Å². The van der Waals surface area contributed by atoms with Crippen LogP contribution in [0.5, 0.6) is 0 Å². The number of nitrogens with zero attached hydrogens (tertiary/aromatic N) is 1. The van der Waals surface area contributed by atoms with Crippen LogP contribution in [0.4, 0.5) is 26.3 Å². The molecule has 9 heteroatoms. The molecule has 146 valence electrons. The van der Waals surface area contributed by atoms with Crippen LogP contribution in [0, 0.1) is 6.92 Å². The predicted molar refractivity (Wildman–Crippen MR) is 88.9 cm³/mol. The number of alkyl halides is 6. The summed E-state index contributed by atoms with van der Waals surface area (Å²) in [7, 11) is 0. The van der Waals surface area contributed by atoms with E-state index in [0.29, 0.717) is 6.07 Å². The van der Waals surface area contributed by atoms with Crippen LogP contribution in [-0.2, 0) is 12.4 Å². The molecule has 1 N–H and O–H groups in total. The van der Waals surface area contributed by atoms with Crippen LogP contribution in [0.2, 0.25) is 0 Å². The number of carboxylic acid groups (broad SMARTS) is 1. The number of rotatable bonds is 2. The molecule has 3 aromatic rings. The van der Waals surface area contributed by atoms with Crippen molar-refractivity contribution in [2.75, 3.05) is 0 Å². The van der Waals surface area contributed by atoms with Crippen molar-refractivity contribution in [1.82, 2.24) is 4.98 Å². The summed E-state index contributed by atoms with van der Waals surface area (Å²) in [5.41, 5.74) is -2.57. The summed E-state index contributed by atoms with van der Waals surface area (Å²) in [6.45, 7) is 1.30. The molecule has 0 spiro atoms. The van der Waals surface area contributed by atoms with Gasteiger partial charge in [-0.2, -0.15) is 26.3 Å². The smallest absolute Gasteiger partial charge is 0.416 e. The molecule has 0 atom stereocenters. The second-order valence-corrected chi connectivity index (χ2v) is 6.07. The van der Waals surface area contributed by atoms with Crippen LogP contribution in [0.3, 0.4) is 0 Å². The molecule has 1 heterocycles. The second kappa shape index (κ2) is 6.50. The van der Waals surface area contributed by atoms with Crippen molar-refractivity contribution in [3.8, 4) is 11.3 Å². The van der Waals surface area contributed by atoms with Crippen molar-refractivity contribution >= 4 is 16.9 Å². The van der Waals surface area contributed by atoms with Crippen molar-refractivity contribution in [2.45, 2.75) is 19.3 Å². The molecule has 0 saturated heterocycles. The van der Waals surface area contributed by atoms with Gasteiger partial charge in [0, 0.05) is 10.9 Å². The normalized spacial score (nSPS) is 12.4. The van der Waals surface area contributed by atoms with Crippen LogP contribution in [0.25, 0.3) is 22.2 Å². The first-order chi connectivity index (χ1) is 12.9. The molecule has 0 amide bonds. The summed E-state index contributed by atoms with van der Waals surface area (Å²) in [5.74, 6) is -1.50. The molecule has 3 rings (SSSR count). The van der Waals surface area contributed by atoms with E-state index in [4.69, 9.17) is 0 Å². The predicted octanol–water partition coefficient (Wildman–Crippen LogP) is 5.95. The molecule has 28 heavy (non-hydrogen) atoms. The zero-order valence-corrected chi connectivity index (χ0v) is 14.1.